The predicted molar refractivity (Wildman–Crippen MR) is 186 cm³/mol. The highest BCUT2D eigenvalue weighted by Crippen LogP contribution is 2.44. The number of ether oxygens (including phenoxy) is 1. The van der Waals surface area contributed by atoms with E-state index in [2.05, 4.69) is 92.8 Å². The lowest BCUT2D eigenvalue weighted by molar-refractivity contribution is -0.127. The van der Waals surface area contributed by atoms with Crippen molar-refractivity contribution in [1.82, 2.24) is 20.1 Å². The Kier molecular flexibility index (Phi) is 10.4. The van der Waals surface area contributed by atoms with Crippen LogP contribution in [0, 0.1) is 19.8 Å². The van der Waals surface area contributed by atoms with Gasteiger partial charge in [-0.25, -0.2) is 0 Å². The monoisotopic (exact) mass is 620 g/mol. The molecule has 3 aromatic rings. The summed E-state index contributed by atoms with van der Waals surface area (Å²) in [6, 6.07) is 9.31. The number of nitrogens with zero attached hydrogens (tertiary/aromatic N) is 2. The molecule has 2 bridgehead atoms. The molecule has 2 N–H and O–H groups in total. The van der Waals surface area contributed by atoms with E-state index >= 15 is 0 Å². The van der Waals surface area contributed by atoms with Gasteiger partial charge in [-0.2, -0.15) is 0 Å². The van der Waals surface area contributed by atoms with Crippen LogP contribution in [-0.2, 0) is 21.4 Å². The van der Waals surface area contributed by atoms with E-state index in [1.54, 1.807) is 11.3 Å². The van der Waals surface area contributed by atoms with Gasteiger partial charge < -0.3 is 19.9 Å². The second-order valence-corrected chi connectivity index (χ2v) is 15.3. The van der Waals surface area contributed by atoms with Crippen molar-refractivity contribution in [3.63, 3.8) is 0 Å². The number of fused-ring (bicyclic) bond motifs is 3. The van der Waals surface area contributed by atoms with Gasteiger partial charge in [-0.3, -0.25) is 9.69 Å². The molecule has 0 amide bonds. The molecule has 2 aromatic heterocycles. The van der Waals surface area contributed by atoms with Gasteiger partial charge in [0.15, 0.2) is 5.78 Å². The third kappa shape index (κ3) is 6.87. The van der Waals surface area contributed by atoms with Crippen molar-refractivity contribution >= 4 is 27.3 Å². The Labute approximate surface area is 269 Å². The minimum atomic E-state index is -0.477. The third-order valence-electron chi connectivity index (χ3n) is 10.6. The van der Waals surface area contributed by atoms with Gasteiger partial charge in [0.25, 0.3) is 0 Å². The van der Waals surface area contributed by atoms with Crippen molar-refractivity contribution in [2.24, 2.45) is 5.92 Å². The fourth-order valence-corrected chi connectivity index (χ4v) is 8.82. The molecule has 0 aliphatic carbocycles. The van der Waals surface area contributed by atoms with Crippen molar-refractivity contribution < 1.29 is 9.53 Å². The predicted octanol–water partition coefficient (Wildman–Crippen LogP) is 7.11. The van der Waals surface area contributed by atoms with Gasteiger partial charge in [0, 0.05) is 37.0 Å². The Bertz CT molecular complexity index is 1390. The maximum Gasteiger partial charge on any atom is 0.160 e. The number of nitrogens with one attached hydrogen (secondary N) is 2. The number of piperidine rings is 2. The SMILES string of the molecule is CCNCC.COC1(C)CCN(CCc2c(-c3cc(C)cc(C)c3)[nH]c3sc(C(C)(C)C(=O)C4C5CCN4CC5)cc23)CC1. The second kappa shape index (κ2) is 13.8. The molecule has 6 rings (SSSR count). The lowest BCUT2D eigenvalue weighted by Crippen LogP contribution is -2.44. The third-order valence-corrected chi connectivity index (χ3v) is 12.0. The molecule has 6 nitrogen and oxygen atoms in total. The van der Waals surface area contributed by atoms with Crippen LogP contribution in [0.3, 0.4) is 0 Å². The van der Waals surface area contributed by atoms with E-state index in [1.807, 2.05) is 7.11 Å². The summed E-state index contributed by atoms with van der Waals surface area (Å²) in [7, 11) is 1.84. The molecule has 3 saturated heterocycles. The molecule has 1 aromatic carbocycles. The highest BCUT2D eigenvalue weighted by atomic mass is 32.1. The van der Waals surface area contributed by atoms with Gasteiger partial charge in [0.2, 0.25) is 0 Å². The Hall–Kier alpha value is -2.03. The average molecular weight is 621 g/mol. The van der Waals surface area contributed by atoms with Crippen molar-refractivity contribution in [2.75, 3.05) is 52.9 Å². The van der Waals surface area contributed by atoms with Crippen LogP contribution in [0.2, 0.25) is 0 Å². The molecule has 0 spiro atoms. The van der Waals surface area contributed by atoms with Gasteiger partial charge in [-0.05, 0) is 128 Å². The number of aromatic amines is 1. The maximum atomic E-state index is 13.9. The Morgan fingerprint density at radius 3 is 2.20 bits per heavy atom. The number of carbonyl (C=O) groups excluding carboxylic acids is 1. The zero-order valence-corrected chi connectivity index (χ0v) is 29.4. The largest absolute Gasteiger partial charge is 0.378 e. The number of likely N-dealkylation sites (tertiary alicyclic amines) is 1. The van der Waals surface area contributed by atoms with Crippen LogP contribution in [0.1, 0.15) is 81.9 Å². The van der Waals surface area contributed by atoms with Crippen molar-refractivity contribution in [3.8, 4) is 11.3 Å². The fourth-order valence-electron chi connectivity index (χ4n) is 7.62. The number of methoxy groups -OCH3 is 1. The minimum absolute atomic E-state index is 0.0118. The first kappa shape index (κ1) is 33.3. The Balaban J connectivity index is 0.000000712. The number of aromatic nitrogens is 1. The summed E-state index contributed by atoms with van der Waals surface area (Å²) < 4.78 is 5.78. The lowest BCUT2D eigenvalue weighted by atomic mass is 9.79. The number of thiophene rings is 1. The van der Waals surface area contributed by atoms with E-state index in [-0.39, 0.29) is 11.6 Å². The number of hydrogen-bond acceptors (Lipinski definition) is 6. The molecule has 1 atom stereocenters. The summed E-state index contributed by atoms with van der Waals surface area (Å²) in [5.74, 6) is 0.967. The quantitative estimate of drug-likeness (QED) is 0.253. The highest BCUT2D eigenvalue weighted by Gasteiger charge is 2.49. The summed E-state index contributed by atoms with van der Waals surface area (Å²) >= 11 is 1.79. The summed E-state index contributed by atoms with van der Waals surface area (Å²) in [6.07, 6.45) is 5.51. The van der Waals surface area contributed by atoms with Crippen LogP contribution in [-0.4, -0.2) is 85.1 Å². The molecule has 1 unspecified atom stereocenters. The topological polar surface area (TPSA) is 60.6 Å². The summed E-state index contributed by atoms with van der Waals surface area (Å²) in [5, 5.41) is 4.42. The Morgan fingerprint density at radius 1 is 1.05 bits per heavy atom. The number of Topliss-reactive ketones (excluding diaryl/α,β-unsaturated/α-hetero) is 1. The number of hydrogen-bond donors (Lipinski definition) is 2. The number of benzene rings is 1. The van der Waals surface area contributed by atoms with Crippen molar-refractivity contribution in [3.05, 3.63) is 45.8 Å². The first-order chi connectivity index (χ1) is 21.0. The van der Waals surface area contributed by atoms with Gasteiger partial charge in [0.1, 0.15) is 4.83 Å². The number of rotatable bonds is 10. The molecular formula is C37H56N4O2S. The summed E-state index contributed by atoms with van der Waals surface area (Å²) in [4.78, 5) is 25.2. The molecule has 3 fully saturated rings. The minimum Gasteiger partial charge on any atom is -0.378 e. The van der Waals surface area contributed by atoms with Crippen LogP contribution >= 0.6 is 11.3 Å². The zero-order chi connectivity index (χ0) is 31.6. The first-order valence-corrected chi connectivity index (χ1v) is 17.8. The lowest BCUT2D eigenvalue weighted by Gasteiger charge is -2.38. The average Bonchev–Trinajstić information content (AvgIpc) is 3.77. The number of H-pyrrole nitrogens is 1. The molecule has 5 heterocycles. The smallest absolute Gasteiger partial charge is 0.160 e. The van der Waals surface area contributed by atoms with E-state index in [1.165, 1.54) is 55.9 Å². The molecule has 3 aliphatic rings. The van der Waals surface area contributed by atoms with Crippen LogP contribution in [0.25, 0.3) is 21.5 Å². The zero-order valence-electron chi connectivity index (χ0n) is 28.6. The van der Waals surface area contributed by atoms with Crippen molar-refractivity contribution in [1.29, 1.82) is 0 Å². The molecular weight excluding hydrogens is 565 g/mol. The molecule has 7 heteroatoms. The first-order valence-electron chi connectivity index (χ1n) is 17.0. The normalized spacial score (nSPS) is 23.2. The van der Waals surface area contributed by atoms with Crippen LogP contribution < -0.4 is 5.32 Å². The fraction of sp³-hybridized carbons (Fsp3) is 0.649. The van der Waals surface area contributed by atoms with Crippen molar-refractivity contribution in [2.45, 2.75) is 97.6 Å². The highest BCUT2D eigenvalue weighted by molar-refractivity contribution is 7.19. The molecule has 0 radical (unpaired) electrons. The second-order valence-electron chi connectivity index (χ2n) is 14.2. The molecule has 242 valence electrons. The van der Waals surface area contributed by atoms with Gasteiger partial charge in [-0.1, -0.05) is 31.0 Å². The van der Waals surface area contributed by atoms with Crippen LogP contribution in [0.4, 0.5) is 0 Å². The summed E-state index contributed by atoms with van der Waals surface area (Å²) in [6.45, 7) is 22.7. The van der Waals surface area contributed by atoms with Gasteiger partial charge >= 0.3 is 0 Å². The van der Waals surface area contributed by atoms with E-state index in [4.69, 9.17) is 4.74 Å². The molecule has 3 aliphatic heterocycles. The Morgan fingerprint density at radius 2 is 1.68 bits per heavy atom. The van der Waals surface area contributed by atoms with Crippen LogP contribution in [0.15, 0.2) is 24.3 Å². The molecule has 44 heavy (non-hydrogen) atoms. The number of ketones is 1. The van der Waals surface area contributed by atoms with E-state index in [0.717, 1.165) is 65.1 Å². The van der Waals surface area contributed by atoms with Gasteiger partial charge in [0.05, 0.1) is 22.8 Å². The number of carbonyl (C=O) groups is 1. The molecule has 0 saturated carbocycles. The summed E-state index contributed by atoms with van der Waals surface area (Å²) in [5.41, 5.74) is 6.02. The number of aryl methyl sites for hydroxylation is 2. The van der Waals surface area contributed by atoms with Crippen LogP contribution in [0.5, 0.6) is 0 Å². The van der Waals surface area contributed by atoms with E-state index < -0.39 is 5.41 Å². The van der Waals surface area contributed by atoms with E-state index in [0.29, 0.717) is 11.7 Å². The van der Waals surface area contributed by atoms with Gasteiger partial charge in [-0.15, -0.1) is 11.3 Å². The van der Waals surface area contributed by atoms with E-state index in [9.17, 15) is 4.79 Å². The standard InChI is InChI=1S/C33H45N3O2S.C4H11N/c1-21-17-22(2)19-24(18-21)28-25(9-12-35-15-10-33(5,38-6)11-16-35)26-20-27(39-31(26)34-28)32(3,4)30(37)29-23-7-13-36(29)14-8-23;1-3-5-4-2/h17-20,23,29,34H,7-16H2,1-6H3;5H,3-4H2,1-2H3. The maximum absolute atomic E-state index is 13.9.